The molecule has 110 valence electrons. The number of benzene rings is 1. The van der Waals surface area contributed by atoms with Crippen molar-refractivity contribution < 1.29 is 4.79 Å². The Kier molecular flexibility index (Phi) is 3.82. The molecule has 1 aromatic heterocycles. The number of nitrogens with one attached hydrogen (secondary N) is 2. The van der Waals surface area contributed by atoms with Crippen LogP contribution in [0.4, 0.5) is 0 Å². The molecule has 1 heterocycles. The number of rotatable bonds is 4. The Hall–Kier alpha value is -1.66. The van der Waals surface area contributed by atoms with Crippen molar-refractivity contribution in [1.82, 2.24) is 10.3 Å². The van der Waals surface area contributed by atoms with Crippen molar-refractivity contribution in [1.29, 1.82) is 0 Å². The van der Waals surface area contributed by atoms with E-state index in [1.54, 1.807) is 0 Å². The smallest absolute Gasteiger partial charge is 0.252 e. The van der Waals surface area contributed by atoms with Crippen LogP contribution in [0.15, 0.2) is 33.5 Å². The molecule has 1 atom stereocenters. The van der Waals surface area contributed by atoms with Gasteiger partial charge in [0.2, 0.25) is 5.56 Å². The normalized spacial score (nSPS) is 15.9. The first-order chi connectivity index (χ1) is 10.1. The van der Waals surface area contributed by atoms with E-state index >= 15 is 0 Å². The van der Waals surface area contributed by atoms with Crippen molar-refractivity contribution in [2.45, 2.75) is 18.9 Å². The predicted molar refractivity (Wildman–Crippen MR) is 85.3 cm³/mol. The zero-order chi connectivity index (χ0) is 15.0. The van der Waals surface area contributed by atoms with Crippen LogP contribution in [0, 0.1) is 5.92 Å². The average molecular weight is 350 g/mol. The lowest BCUT2D eigenvalue weighted by molar-refractivity contribution is 0.0952. The number of carbonyl (C=O) groups is 1. The molecule has 1 unspecified atom stereocenters. The fourth-order valence-corrected chi connectivity index (χ4v) is 2.89. The van der Waals surface area contributed by atoms with Gasteiger partial charge < -0.3 is 16.0 Å². The van der Waals surface area contributed by atoms with E-state index in [1.807, 2.05) is 18.2 Å². The third-order valence-corrected chi connectivity index (χ3v) is 4.46. The number of fused-ring (bicyclic) bond motifs is 1. The molecule has 1 saturated carbocycles. The van der Waals surface area contributed by atoms with Crippen molar-refractivity contribution in [3.63, 3.8) is 0 Å². The second kappa shape index (κ2) is 5.61. The van der Waals surface area contributed by atoms with E-state index in [0.717, 1.165) is 17.3 Å². The van der Waals surface area contributed by atoms with Gasteiger partial charge >= 0.3 is 0 Å². The van der Waals surface area contributed by atoms with Gasteiger partial charge in [-0.3, -0.25) is 9.59 Å². The maximum absolute atomic E-state index is 12.3. The Labute approximate surface area is 130 Å². The Morgan fingerprint density at radius 1 is 1.48 bits per heavy atom. The van der Waals surface area contributed by atoms with Crippen molar-refractivity contribution in [3.05, 3.63) is 44.7 Å². The third kappa shape index (κ3) is 3.01. The minimum atomic E-state index is -0.300. The summed E-state index contributed by atoms with van der Waals surface area (Å²) in [6.07, 6.45) is 2.27. The van der Waals surface area contributed by atoms with Crippen molar-refractivity contribution in [2.75, 3.05) is 6.54 Å². The number of halogens is 1. The molecule has 2 aromatic rings. The molecular weight excluding hydrogens is 334 g/mol. The van der Waals surface area contributed by atoms with Crippen LogP contribution in [-0.4, -0.2) is 23.5 Å². The lowest BCUT2D eigenvalue weighted by Gasteiger charge is -2.12. The van der Waals surface area contributed by atoms with Gasteiger partial charge in [0, 0.05) is 28.5 Å². The molecule has 21 heavy (non-hydrogen) atoms. The maximum Gasteiger partial charge on any atom is 0.252 e. The van der Waals surface area contributed by atoms with Crippen molar-refractivity contribution in [2.24, 2.45) is 11.7 Å². The Morgan fingerprint density at radius 3 is 2.95 bits per heavy atom. The van der Waals surface area contributed by atoms with Gasteiger partial charge in [-0.15, -0.1) is 0 Å². The zero-order valence-corrected chi connectivity index (χ0v) is 12.9. The maximum atomic E-state index is 12.3. The van der Waals surface area contributed by atoms with Gasteiger partial charge in [0.1, 0.15) is 0 Å². The summed E-state index contributed by atoms with van der Waals surface area (Å²) < 4.78 is 0.751. The van der Waals surface area contributed by atoms with E-state index in [-0.39, 0.29) is 17.5 Å². The number of para-hydroxylation sites is 1. The fraction of sp³-hybridized carbons (Fsp3) is 0.333. The largest absolute Gasteiger partial charge is 0.350 e. The molecule has 0 bridgehead atoms. The van der Waals surface area contributed by atoms with E-state index < -0.39 is 0 Å². The molecule has 0 saturated heterocycles. The van der Waals surface area contributed by atoms with Gasteiger partial charge in [-0.05, 0) is 40.8 Å². The summed E-state index contributed by atoms with van der Waals surface area (Å²) in [6.45, 7) is 0.436. The molecule has 0 radical (unpaired) electrons. The lowest BCUT2D eigenvalue weighted by Crippen LogP contribution is -2.38. The minimum absolute atomic E-state index is 0.00560. The highest BCUT2D eigenvalue weighted by atomic mass is 79.9. The summed E-state index contributed by atoms with van der Waals surface area (Å²) in [5.74, 6) is 0.260. The molecule has 1 amide bonds. The van der Waals surface area contributed by atoms with Gasteiger partial charge in [0.25, 0.3) is 5.91 Å². The summed E-state index contributed by atoms with van der Waals surface area (Å²) >= 11 is 3.38. The van der Waals surface area contributed by atoms with Crippen LogP contribution >= 0.6 is 15.9 Å². The Bertz CT molecular complexity index is 752. The highest BCUT2D eigenvalue weighted by Gasteiger charge is 2.28. The summed E-state index contributed by atoms with van der Waals surface area (Å²) in [7, 11) is 0. The highest BCUT2D eigenvalue weighted by Crippen LogP contribution is 2.31. The molecule has 0 spiro atoms. The molecule has 4 N–H and O–H groups in total. The van der Waals surface area contributed by atoms with E-state index in [1.165, 1.54) is 6.07 Å². The molecule has 1 fully saturated rings. The number of nitrogens with two attached hydrogens (primary N) is 1. The van der Waals surface area contributed by atoms with Crippen molar-refractivity contribution >= 4 is 32.7 Å². The van der Waals surface area contributed by atoms with Gasteiger partial charge in [0.05, 0.1) is 11.1 Å². The monoisotopic (exact) mass is 349 g/mol. The van der Waals surface area contributed by atoms with Crippen LogP contribution in [0.5, 0.6) is 0 Å². The summed E-state index contributed by atoms with van der Waals surface area (Å²) in [5, 5.41) is 3.54. The molecule has 1 aliphatic rings. The molecule has 3 rings (SSSR count). The zero-order valence-electron chi connectivity index (χ0n) is 11.4. The van der Waals surface area contributed by atoms with E-state index in [2.05, 4.69) is 26.2 Å². The quantitative estimate of drug-likeness (QED) is 0.785. The molecular formula is C15H16BrN3O2. The highest BCUT2D eigenvalue weighted by molar-refractivity contribution is 9.10. The molecule has 6 heteroatoms. The Balaban J connectivity index is 1.90. The minimum Gasteiger partial charge on any atom is -0.350 e. The van der Waals surface area contributed by atoms with Crippen LogP contribution in [0.25, 0.3) is 10.9 Å². The number of pyridine rings is 1. The number of hydrogen-bond acceptors (Lipinski definition) is 3. The number of aromatic amines is 1. The number of hydrogen-bond donors (Lipinski definition) is 3. The first kappa shape index (κ1) is 14.3. The SMILES string of the molecule is NC(CNC(=O)c1cc(=O)[nH]c2c(Br)cccc12)C1CC1. The van der Waals surface area contributed by atoms with Crippen LogP contribution < -0.4 is 16.6 Å². The van der Waals surface area contributed by atoms with E-state index in [0.29, 0.717) is 28.9 Å². The molecule has 5 nitrogen and oxygen atoms in total. The molecule has 0 aliphatic heterocycles. The number of amides is 1. The van der Waals surface area contributed by atoms with Crippen LogP contribution in [0.2, 0.25) is 0 Å². The van der Waals surface area contributed by atoms with Gasteiger partial charge in [-0.1, -0.05) is 12.1 Å². The van der Waals surface area contributed by atoms with Crippen molar-refractivity contribution in [3.8, 4) is 0 Å². The summed E-state index contributed by atoms with van der Waals surface area (Å²) in [4.78, 5) is 26.8. The van der Waals surface area contributed by atoms with E-state index in [4.69, 9.17) is 5.73 Å². The van der Waals surface area contributed by atoms with Gasteiger partial charge in [-0.2, -0.15) is 0 Å². The fourth-order valence-electron chi connectivity index (χ4n) is 2.43. The predicted octanol–water partition coefficient (Wildman–Crippen LogP) is 1.76. The number of aromatic nitrogens is 1. The third-order valence-electron chi connectivity index (χ3n) is 3.80. The van der Waals surface area contributed by atoms with Crippen LogP contribution in [0.1, 0.15) is 23.2 Å². The van der Waals surface area contributed by atoms with Gasteiger partial charge in [-0.25, -0.2) is 0 Å². The Morgan fingerprint density at radius 2 is 2.24 bits per heavy atom. The second-order valence-electron chi connectivity index (χ2n) is 5.42. The lowest BCUT2D eigenvalue weighted by atomic mass is 10.1. The van der Waals surface area contributed by atoms with Gasteiger partial charge in [0.15, 0.2) is 0 Å². The summed E-state index contributed by atoms with van der Waals surface area (Å²) in [5.41, 5.74) is 6.68. The van der Waals surface area contributed by atoms with Crippen LogP contribution in [-0.2, 0) is 0 Å². The topological polar surface area (TPSA) is 88.0 Å². The molecule has 1 aliphatic carbocycles. The molecule has 1 aromatic carbocycles. The first-order valence-corrected chi connectivity index (χ1v) is 7.71. The second-order valence-corrected chi connectivity index (χ2v) is 6.28. The average Bonchev–Trinajstić information content (AvgIpc) is 3.29. The number of carbonyl (C=O) groups excluding carboxylic acids is 1. The summed E-state index contributed by atoms with van der Waals surface area (Å²) in [6, 6.07) is 6.79. The standard InChI is InChI=1S/C15H16BrN3O2/c16-11-3-1-2-9-10(6-13(20)19-14(9)11)15(21)18-7-12(17)8-4-5-8/h1-3,6,8,12H,4-5,7,17H2,(H,18,21)(H,19,20). The van der Waals surface area contributed by atoms with Crippen LogP contribution in [0.3, 0.4) is 0 Å². The number of H-pyrrole nitrogens is 1. The van der Waals surface area contributed by atoms with E-state index in [9.17, 15) is 9.59 Å². The first-order valence-electron chi connectivity index (χ1n) is 6.91.